The first-order chi connectivity index (χ1) is 11.5. The standard InChI is InChI=1S/C15H24F3N3O4/c1-9(2)7-19-14(25)21-5-3-4-10(8-21)12(22)20-11(13(23)24)6-15(16,17)18/h9-11H,3-8H2,1-2H3,(H,19,25)(H,20,22)(H,23,24). The predicted octanol–water partition coefficient (Wildman–Crippen LogP) is 1.59. The molecule has 7 nitrogen and oxygen atoms in total. The van der Waals surface area contributed by atoms with Crippen LogP contribution in [-0.4, -0.2) is 59.8 Å². The molecule has 1 rings (SSSR count). The zero-order valence-corrected chi connectivity index (χ0v) is 14.2. The van der Waals surface area contributed by atoms with Crippen LogP contribution in [-0.2, 0) is 9.59 Å². The molecular formula is C15H24F3N3O4. The Morgan fingerprint density at radius 1 is 1.28 bits per heavy atom. The molecule has 1 aliphatic rings. The van der Waals surface area contributed by atoms with Crippen molar-refractivity contribution >= 4 is 17.9 Å². The van der Waals surface area contributed by atoms with Crippen LogP contribution in [0.15, 0.2) is 0 Å². The van der Waals surface area contributed by atoms with E-state index in [1.54, 1.807) is 0 Å². The predicted molar refractivity (Wildman–Crippen MR) is 82.8 cm³/mol. The van der Waals surface area contributed by atoms with Gasteiger partial charge in [-0.2, -0.15) is 13.2 Å². The Morgan fingerprint density at radius 2 is 1.92 bits per heavy atom. The van der Waals surface area contributed by atoms with E-state index in [0.717, 1.165) is 0 Å². The van der Waals surface area contributed by atoms with Gasteiger partial charge < -0.3 is 20.6 Å². The molecule has 10 heteroatoms. The van der Waals surface area contributed by atoms with Gasteiger partial charge in [0.05, 0.1) is 12.3 Å². The second-order valence-corrected chi connectivity index (χ2v) is 6.58. The van der Waals surface area contributed by atoms with Gasteiger partial charge in [-0.25, -0.2) is 9.59 Å². The summed E-state index contributed by atoms with van der Waals surface area (Å²) in [5.74, 6) is -2.99. The zero-order chi connectivity index (χ0) is 19.2. The fourth-order valence-corrected chi connectivity index (χ4v) is 2.50. The topological polar surface area (TPSA) is 98.7 Å². The number of amides is 3. The fraction of sp³-hybridized carbons (Fsp3) is 0.800. The first kappa shape index (κ1) is 21.0. The average molecular weight is 367 g/mol. The molecular weight excluding hydrogens is 343 g/mol. The van der Waals surface area contributed by atoms with Gasteiger partial charge in [0.25, 0.3) is 0 Å². The van der Waals surface area contributed by atoms with Gasteiger partial charge in [0.15, 0.2) is 0 Å². The highest BCUT2D eigenvalue weighted by molar-refractivity contribution is 5.85. The summed E-state index contributed by atoms with van der Waals surface area (Å²) in [6, 6.07) is -2.37. The molecule has 1 heterocycles. The third kappa shape index (κ3) is 7.61. The van der Waals surface area contributed by atoms with Gasteiger partial charge in [-0.3, -0.25) is 4.79 Å². The van der Waals surface area contributed by atoms with Crippen molar-refractivity contribution < 1.29 is 32.7 Å². The van der Waals surface area contributed by atoms with Crippen molar-refractivity contribution in [2.75, 3.05) is 19.6 Å². The molecule has 0 radical (unpaired) electrons. The lowest BCUT2D eigenvalue weighted by molar-refractivity contribution is -0.160. The highest BCUT2D eigenvalue weighted by atomic mass is 19.4. The molecule has 2 unspecified atom stereocenters. The molecule has 1 saturated heterocycles. The van der Waals surface area contributed by atoms with Crippen molar-refractivity contribution in [1.82, 2.24) is 15.5 Å². The number of carbonyl (C=O) groups is 3. The van der Waals surface area contributed by atoms with Gasteiger partial charge in [0.2, 0.25) is 5.91 Å². The van der Waals surface area contributed by atoms with Crippen molar-refractivity contribution in [1.29, 1.82) is 0 Å². The van der Waals surface area contributed by atoms with Crippen LogP contribution in [0.5, 0.6) is 0 Å². The number of urea groups is 1. The molecule has 0 spiro atoms. The maximum atomic E-state index is 12.4. The number of rotatable bonds is 6. The van der Waals surface area contributed by atoms with Crippen LogP contribution in [0.4, 0.5) is 18.0 Å². The van der Waals surface area contributed by atoms with E-state index in [4.69, 9.17) is 5.11 Å². The molecule has 3 N–H and O–H groups in total. The number of hydrogen-bond donors (Lipinski definition) is 3. The van der Waals surface area contributed by atoms with E-state index in [0.29, 0.717) is 25.9 Å². The van der Waals surface area contributed by atoms with E-state index >= 15 is 0 Å². The van der Waals surface area contributed by atoms with Crippen LogP contribution in [0.25, 0.3) is 0 Å². The van der Waals surface area contributed by atoms with Crippen LogP contribution in [0, 0.1) is 11.8 Å². The largest absolute Gasteiger partial charge is 0.480 e. The molecule has 3 amide bonds. The molecule has 1 aliphatic heterocycles. The Balaban J connectivity index is 2.62. The molecule has 0 aliphatic carbocycles. The number of halogens is 3. The SMILES string of the molecule is CC(C)CNC(=O)N1CCCC(C(=O)NC(CC(F)(F)F)C(=O)O)C1. The first-order valence-corrected chi connectivity index (χ1v) is 8.12. The Bertz CT molecular complexity index is 497. The summed E-state index contributed by atoms with van der Waals surface area (Å²) in [6.45, 7) is 4.82. The smallest absolute Gasteiger partial charge is 0.391 e. The molecule has 0 saturated carbocycles. The molecule has 0 bridgehead atoms. The molecule has 25 heavy (non-hydrogen) atoms. The zero-order valence-electron chi connectivity index (χ0n) is 14.2. The Hall–Kier alpha value is -2.00. The third-order valence-corrected chi connectivity index (χ3v) is 3.79. The molecule has 1 fully saturated rings. The summed E-state index contributed by atoms with van der Waals surface area (Å²) in [4.78, 5) is 36.5. The molecule has 0 aromatic carbocycles. The number of likely N-dealkylation sites (tertiary alicyclic amines) is 1. The quantitative estimate of drug-likeness (QED) is 0.664. The Kier molecular flexibility index (Phi) is 7.50. The number of carboxylic acid groups (broad SMARTS) is 1. The normalized spacial score (nSPS) is 19.4. The van der Waals surface area contributed by atoms with E-state index in [2.05, 4.69) is 5.32 Å². The second-order valence-electron chi connectivity index (χ2n) is 6.58. The lowest BCUT2D eigenvalue weighted by atomic mass is 9.96. The lowest BCUT2D eigenvalue weighted by Crippen LogP contribution is -2.52. The van der Waals surface area contributed by atoms with Crippen LogP contribution in [0.1, 0.15) is 33.1 Å². The first-order valence-electron chi connectivity index (χ1n) is 8.12. The van der Waals surface area contributed by atoms with Crippen molar-refractivity contribution in [3.8, 4) is 0 Å². The van der Waals surface area contributed by atoms with Gasteiger partial charge in [0.1, 0.15) is 6.04 Å². The van der Waals surface area contributed by atoms with Gasteiger partial charge in [-0.15, -0.1) is 0 Å². The van der Waals surface area contributed by atoms with E-state index in [1.807, 2.05) is 19.2 Å². The van der Waals surface area contributed by atoms with Crippen LogP contribution < -0.4 is 10.6 Å². The third-order valence-electron chi connectivity index (χ3n) is 3.79. The maximum absolute atomic E-state index is 12.4. The fourth-order valence-electron chi connectivity index (χ4n) is 2.50. The number of alkyl halides is 3. The summed E-state index contributed by atoms with van der Waals surface area (Å²) in [5, 5.41) is 13.5. The van der Waals surface area contributed by atoms with Crippen molar-refractivity contribution in [3.63, 3.8) is 0 Å². The lowest BCUT2D eigenvalue weighted by Gasteiger charge is -2.32. The van der Waals surface area contributed by atoms with Crippen LogP contribution in [0.2, 0.25) is 0 Å². The highest BCUT2D eigenvalue weighted by Crippen LogP contribution is 2.23. The van der Waals surface area contributed by atoms with Crippen LogP contribution in [0.3, 0.4) is 0 Å². The van der Waals surface area contributed by atoms with E-state index in [-0.39, 0.29) is 18.5 Å². The summed E-state index contributed by atoms with van der Waals surface area (Å²) in [7, 11) is 0. The minimum absolute atomic E-state index is 0.0497. The van der Waals surface area contributed by atoms with Gasteiger partial charge in [-0.05, 0) is 18.8 Å². The van der Waals surface area contributed by atoms with Crippen molar-refractivity contribution in [2.24, 2.45) is 11.8 Å². The number of nitrogens with one attached hydrogen (secondary N) is 2. The van der Waals surface area contributed by atoms with Gasteiger partial charge in [-0.1, -0.05) is 13.8 Å². The Labute approximate surface area is 143 Å². The minimum atomic E-state index is -4.70. The molecule has 0 aromatic heterocycles. The number of carboxylic acids is 1. The summed E-state index contributed by atoms with van der Waals surface area (Å²) in [5.41, 5.74) is 0. The monoisotopic (exact) mass is 367 g/mol. The summed E-state index contributed by atoms with van der Waals surface area (Å²) >= 11 is 0. The average Bonchev–Trinajstić information content (AvgIpc) is 2.50. The van der Waals surface area contributed by atoms with Crippen molar-refractivity contribution in [2.45, 2.75) is 45.3 Å². The van der Waals surface area contributed by atoms with E-state index < -0.39 is 36.4 Å². The minimum Gasteiger partial charge on any atom is -0.480 e. The number of aliphatic carboxylic acids is 1. The number of carbonyl (C=O) groups excluding carboxylic acids is 2. The van der Waals surface area contributed by atoms with E-state index in [9.17, 15) is 27.6 Å². The van der Waals surface area contributed by atoms with Crippen LogP contribution >= 0.6 is 0 Å². The second kappa shape index (κ2) is 8.91. The maximum Gasteiger partial charge on any atom is 0.391 e. The Morgan fingerprint density at radius 3 is 2.44 bits per heavy atom. The number of piperidine rings is 1. The van der Waals surface area contributed by atoms with Gasteiger partial charge in [0, 0.05) is 19.6 Å². The molecule has 144 valence electrons. The molecule has 2 atom stereocenters. The summed E-state index contributed by atoms with van der Waals surface area (Å²) < 4.78 is 37.2. The number of nitrogens with zero attached hydrogens (tertiary/aromatic N) is 1. The number of hydrogen-bond acceptors (Lipinski definition) is 3. The van der Waals surface area contributed by atoms with Crippen molar-refractivity contribution in [3.05, 3.63) is 0 Å². The van der Waals surface area contributed by atoms with E-state index in [1.165, 1.54) is 4.90 Å². The summed E-state index contributed by atoms with van der Waals surface area (Å²) in [6.07, 6.45) is -5.44. The molecule has 0 aromatic rings. The highest BCUT2D eigenvalue weighted by Gasteiger charge is 2.38. The van der Waals surface area contributed by atoms with Gasteiger partial charge >= 0.3 is 18.2 Å².